The molecule has 0 rings (SSSR count). The van der Waals surface area contributed by atoms with Crippen molar-refractivity contribution in [1.29, 1.82) is 0 Å². The molecule has 0 aromatic rings. The third-order valence-electron chi connectivity index (χ3n) is 1.06. The fraction of sp³-hybridized carbons (Fsp3) is 0.400. The van der Waals surface area contributed by atoms with Gasteiger partial charge in [0.2, 0.25) is 0 Å². The molecule has 0 bridgehead atoms. The van der Waals surface area contributed by atoms with E-state index in [9.17, 15) is 0 Å². The molecule has 0 aliphatic carbocycles. The molecule has 0 atom stereocenters. The van der Waals surface area contributed by atoms with Crippen LogP contribution in [-0.4, -0.2) is 11.5 Å². The molecule has 0 saturated heterocycles. The van der Waals surface area contributed by atoms with Gasteiger partial charge >= 0.3 is 0 Å². The second-order valence-corrected chi connectivity index (χ2v) is 4.98. The molecule has 3 heteroatoms. The van der Waals surface area contributed by atoms with E-state index < -0.39 is 0 Å². The van der Waals surface area contributed by atoms with Crippen molar-refractivity contribution in [3.8, 4) is 0 Å². The average molecular weight is 235 g/mol. The van der Waals surface area contributed by atoms with Gasteiger partial charge < -0.3 is 0 Å². The molecule has 0 saturated carbocycles. The zero-order valence-corrected chi connectivity index (χ0v) is 10.2. The fourth-order valence-corrected chi connectivity index (χ4v) is 1.82. The van der Waals surface area contributed by atoms with Gasteiger partial charge in [-0.15, -0.1) is 30.1 Å². The number of rotatable bonds is 7. The van der Waals surface area contributed by atoms with Gasteiger partial charge in [-0.3, -0.25) is 0 Å². The normalized spacial score (nSPS) is 12.3. The van der Waals surface area contributed by atoms with Crippen molar-refractivity contribution < 1.29 is 0 Å². The molecular formula is C10H15ClS2. The van der Waals surface area contributed by atoms with Gasteiger partial charge in [0.05, 0.1) is 4.36 Å². The monoisotopic (exact) mass is 234 g/mol. The Morgan fingerprint density at radius 3 is 2.92 bits per heavy atom. The first-order valence-corrected chi connectivity index (χ1v) is 6.60. The molecule has 0 aliphatic heterocycles. The summed E-state index contributed by atoms with van der Waals surface area (Å²) in [4.78, 5) is 0. The lowest BCUT2D eigenvalue weighted by Gasteiger charge is -1.91. The molecule has 0 spiro atoms. The van der Waals surface area contributed by atoms with Crippen LogP contribution in [0.15, 0.2) is 34.6 Å². The maximum atomic E-state index is 5.89. The summed E-state index contributed by atoms with van der Waals surface area (Å²) >= 11 is 9.28. The molecule has 0 fully saturated rings. The lowest BCUT2D eigenvalue weighted by atomic mass is 10.6. The highest BCUT2D eigenvalue weighted by atomic mass is 35.5. The standard InChI is InChI=1S/C10H15ClS2/c1-3-7-12-9-5-6-10(11)13-8-4-2/h4-6,9H,2-3,7-8H2,1H3/b9-5+,10-6-. The highest BCUT2D eigenvalue weighted by molar-refractivity contribution is 8.04. The summed E-state index contributed by atoms with van der Waals surface area (Å²) in [6.07, 6.45) is 6.95. The molecular weight excluding hydrogens is 220 g/mol. The van der Waals surface area contributed by atoms with Gasteiger partial charge in [-0.2, -0.15) is 0 Å². The van der Waals surface area contributed by atoms with Crippen LogP contribution in [0.4, 0.5) is 0 Å². The number of halogens is 1. The molecule has 13 heavy (non-hydrogen) atoms. The molecule has 0 aliphatic rings. The first-order chi connectivity index (χ1) is 6.31. The first-order valence-electron chi connectivity index (χ1n) is 4.19. The lowest BCUT2D eigenvalue weighted by Crippen LogP contribution is -1.68. The summed E-state index contributed by atoms with van der Waals surface area (Å²) in [7, 11) is 0. The molecule has 0 amide bonds. The smallest absolute Gasteiger partial charge is 0.0738 e. The minimum Gasteiger partial charge on any atom is -0.134 e. The van der Waals surface area contributed by atoms with Crippen molar-refractivity contribution in [2.75, 3.05) is 11.5 Å². The number of allylic oxidation sites excluding steroid dienone is 2. The van der Waals surface area contributed by atoms with Crippen LogP contribution in [0.2, 0.25) is 0 Å². The zero-order chi connectivity index (χ0) is 9.94. The number of thioether (sulfide) groups is 2. The third-order valence-corrected chi connectivity index (χ3v) is 3.32. The molecule has 0 nitrogen and oxygen atoms in total. The van der Waals surface area contributed by atoms with E-state index in [2.05, 4.69) is 18.9 Å². The number of hydrogen-bond acceptors (Lipinski definition) is 2. The van der Waals surface area contributed by atoms with Crippen molar-refractivity contribution >= 4 is 35.1 Å². The van der Waals surface area contributed by atoms with Crippen LogP contribution in [-0.2, 0) is 0 Å². The third kappa shape index (κ3) is 10.1. The second-order valence-electron chi connectivity index (χ2n) is 2.27. The van der Waals surface area contributed by atoms with E-state index in [0.717, 1.165) is 10.1 Å². The van der Waals surface area contributed by atoms with E-state index in [4.69, 9.17) is 11.6 Å². The Morgan fingerprint density at radius 1 is 1.54 bits per heavy atom. The predicted molar refractivity (Wildman–Crippen MR) is 68.5 cm³/mol. The van der Waals surface area contributed by atoms with Crippen LogP contribution < -0.4 is 0 Å². The van der Waals surface area contributed by atoms with Crippen molar-refractivity contribution in [3.63, 3.8) is 0 Å². The van der Waals surface area contributed by atoms with Gasteiger partial charge in [-0.1, -0.05) is 30.7 Å². The predicted octanol–water partition coefficient (Wildman–Crippen LogP) is 4.64. The molecule has 74 valence electrons. The largest absolute Gasteiger partial charge is 0.134 e. The highest BCUT2D eigenvalue weighted by Crippen LogP contribution is 2.19. The number of hydrogen-bond donors (Lipinski definition) is 0. The van der Waals surface area contributed by atoms with Gasteiger partial charge in [0.25, 0.3) is 0 Å². The highest BCUT2D eigenvalue weighted by Gasteiger charge is 1.87. The maximum absolute atomic E-state index is 5.89. The first kappa shape index (κ1) is 13.2. The molecule has 0 aromatic heterocycles. The molecule has 0 aromatic carbocycles. The van der Waals surface area contributed by atoms with Crippen LogP contribution in [0.1, 0.15) is 13.3 Å². The maximum Gasteiger partial charge on any atom is 0.0738 e. The van der Waals surface area contributed by atoms with Gasteiger partial charge in [0, 0.05) is 5.75 Å². The topological polar surface area (TPSA) is 0 Å². The minimum atomic E-state index is 0.813. The Hall–Kier alpha value is 0.210. The van der Waals surface area contributed by atoms with Gasteiger partial charge in [0.15, 0.2) is 0 Å². The molecule has 0 N–H and O–H groups in total. The molecule has 0 unspecified atom stereocenters. The summed E-state index contributed by atoms with van der Waals surface area (Å²) in [5.74, 6) is 2.03. The van der Waals surface area contributed by atoms with Crippen LogP contribution in [0, 0.1) is 0 Å². The molecule has 0 radical (unpaired) electrons. The summed E-state index contributed by atoms with van der Waals surface area (Å²) in [5.41, 5.74) is 0. The van der Waals surface area contributed by atoms with Gasteiger partial charge in [0.1, 0.15) is 0 Å². The van der Waals surface area contributed by atoms with E-state index in [1.807, 2.05) is 18.2 Å². The SMILES string of the molecule is C=CCS/C(Cl)=C\C=C\SCCC. The summed E-state index contributed by atoms with van der Waals surface area (Å²) in [6, 6.07) is 0. The summed E-state index contributed by atoms with van der Waals surface area (Å²) in [5, 5.41) is 2.07. The van der Waals surface area contributed by atoms with Gasteiger partial charge in [-0.25, -0.2) is 0 Å². The zero-order valence-electron chi connectivity index (χ0n) is 7.83. The van der Waals surface area contributed by atoms with Crippen LogP contribution in [0.3, 0.4) is 0 Å². The summed E-state index contributed by atoms with van der Waals surface area (Å²) < 4.78 is 0.813. The van der Waals surface area contributed by atoms with Crippen molar-refractivity contribution in [3.05, 3.63) is 34.6 Å². The van der Waals surface area contributed by atoms with E-state index in [1.54, 1.807) is 23.5 Å². The fourth-order valence-electron chi connectivity index (χ4n) is 0.543. The van der Waals surface area contributed by atoms with E-state index in [0.29, 0.717) is 0 Å². The van der Waals surface area contributed by atoms with E-state index >= 15 is 0 Å². The summed E-state index contributed by atoms with van der Waals surface area (Å²) in [6.45, 7) is 5.79. The van der Waals surface area contributed by atoms with Crippen molar-refractivity contribution in [2.24, 2.45) is 0 Å². The Morgan fingerprint density at radius 2 is 2.31 bits per heavy atom. The Labute approximate surface area is 94.5 Å². The Balaban J connectivity index is 3.55. The molecule has 0 heterocycles. The van der Waals surface area contributed by atoms with E-state index in [1.165, 1.54) is 12.2 Å². The lowest BCUT2D eigenvalue weighted by molar-refractivity contribution is 1.11. The second kappa shape index (κ2) is 10.3. The van der Waals surface area contributed by atoms with E-state index in [-0.39, 0.29) is 0 Å². The van der Waals surface area contributed by atoms with Crippen molar-refractivity contribution in [1.82, 2.24) is 0 Å². The van der Waals surface area contributed by atoms with Crippen LogP contribution in [0.25, 0.3) is 0 Å². The van der Waals surface area contributed by atoms with Crippen LogP contribution >= 0.6 is 35.1 Å². The average Bonchev–Trinajstić information content (AvgIpc) is 2.14. The van der Waals surface area contributed by atoms with Crippen molar-refractivity contribution in [2.45, 2.75) is 13.3 Å². The quantitative estimate of drug-likeness (QED) is 0.358. The minimum absolute atomic E-state index is 0.813. The van der Waals surface area contributed by atoms with Crippen LogP contribution in [0.5, 0.6) is 0 Å². The van der Waals surface area contributed by atoms with Gasteiger partial charge in [-0.05, 0) is 23.7 Å². The Kier molecular flexibility index (Phi) is 10.5. The Bertz CT molecular complexity index is 185.